The standard InChI is InChI=1S/C15H22N2O2.ClH/c1-10-3-6-13(8-17-15(18)11(2)16)14(7-10)19-9-12-4-5-12;/h3,6-7,11-12H,4-5,8-9,16H2,1-2H3,(H,17,18);1H/t11-;/m0./s1. The molecule has 1 aromatic carbocycles. The number of amides is 1. The van der Waals surface area contributed by atoms with Crippen molar-refractivity contribution in [2.75, 3.05) is 6.61 Å². The maximum atomic E-state index is 11.5. The predicted octanol–water partition coefficient (Wildman–Crippen LogP) is 2.17. The van der Waals surface area contributed by atoms with Gasteiger partial charge in [-0.25, -0.2) is 0 Å². The molecule has 1 aromatic rings. The molecule has 1 amide bonds. The summed E-state index contributed by atoms with van der Waals surface area (Å²) >= 11 is 0. The summed E-state index contributed by atoms with van der Waals surface area (Å²) in [4.78, 5) is 11.5. The number of hydrogen-bond donors (Lipinski definition) is 2. The van der Waals surface area contributed by atoms with Crippen molar-refractivity contribution in [3.63, 3.8) is 0 Å². The summed E-state index contributed by atoms with van der Waals surface area (Å²) in [6, 6.07) is 5.56. The van der Waals surface area contributed by atoms with Crippen LogP contribution in [0.25, 0.3) is 0 Å². The molecule has 2 rings (SSSR count). The largest absolute Gasteiger partial charge is 0.493 e. The summed E-state index contributed by atoms with van der Waals surface area (Å²) in [5, 5.41) is 2.82. The lowest BCUT2D eigenvalue weighted by Crippen LogP contribution is -2.37. The van der Waals surface area contributed by atoms with Gasteiger partial charge in [-0.05, 0) is 44.2 Å². The number of rotatable bonds is 6. The van der Waals surface area contributed by atoms with E-state index in [2.05, 4.69) is 5.32 Å². The van der Waals surface area contributed by atoms with E-state index in [0.29, 0.717) is 12.5 Å². The Hall–Kier alpha value is -1.26. The highest BCUT2D eigenvalue weighted by molar-refractivity contribution is 5.85. The molecular formula is C15H23ClN2O2. The Balaban J connectivity index is 0.00000200. The van der Waals surface area contributed by atoms with Gasteiger partial charge in [0, 0.05) is 12.1 Å². The van der Waals surface area contributed by atoms with Gasteiger partial charge in [0.1, 0.15) is 5.75 Å². The normalized spacial score (nSPS) is 15.2. The summed E-state index contributed by atoms with van der Waals surface area (Å²) in [5.41, 5.74) is 7.69. The number of ether oxygens (including phenoxy) is 1. The van der Waals surface area contributed by atoms with Gasteiger partial charge in [-0.3, -0.25) is 4.79 Å². The summed E-state index contributed by atoms with van der Waals surface area (Å²) in [7, 11) is 0. The summed E-state index contributed by atoms with van der Waals surface area (Å²) in [5.74, 6) is 1.44. The van der Waals surface area contributed by atoms with E-state index in [4.69, 9.17) is 10.5 Å². The zero-order valence-corrected chi connectivity index (χ0v) is 12.8. The molecule has 1 atom stereocenters. The molecule has 4 nitrogen and oxygen atoms in total. The van der Waals surface area contributed by atoms with Crippen LogP contribution in [0, 0.1) is 12.8 Å². The molecule has 0 unspecified atom stereocenters. The monoisotopic (exact) mass is 298 g/mol. The molecular weight excluding hydrogens is 276 g/mol. The Labute approximate surface area is 126 Å². The van der Waals surface area contributed by atoms with Gasteiger partial charge in [0.05, 0.1) is 12.6 Å². The van der Waals surface area contributed by atoms with E-state index in [1.807, 2.05) is 25.1 Å². The zero-order valence-electron chi connectivity index (χ0n) is 12.0. The highest BCUT2D eigenvalue weighted by atomic mass is 35.5. The second-order valence-electron chi connectivity index (χ2n) is 5.37. The molecule has 0 aliphatic heterocycles. The Morgan fingerprint density at radius 2 is 2.20 bits per heavy atom. The van der Waals surface area contributed by atoms with Crippen LogP contribution in [0.1, 0.15) is 30.9 Å². The van der Waals surface area contributed by atoms with Crippen LogP contribution in [0.5, 0.6) is 5.75 Å². The van der Waals surface area contributed by atoms with E-state index in [1.165, 1.54) is 12.8 Å². The lowest BCUT2D eigenvalue weighted by atomic mass is 10.1. The number of nitrogens with one attached hydrogen (secondary N) is 1. The smallest absolute Gasteiger partial charge is 0.236 e. The van der Waals surface area contributed by atoms with E-state index in [9.17, 15) is 4.79 Å². The molecule has 0 spiro atoms. The molecule has 0 saturated heterocycles. The fourth-order valence-corrected chi connectivity index (χ4v) is 1.78. The number of carbonyl (C=O) groups excluding carboxylic acids is 1. The van der Waals surface area contributed by atoms with Crippen molar-refractivity contribution in [1.29, 1.82) is 0 Å². The van der Waals surface area contributed by atoms with Crippen molar-refractivity contribution in [2.45, 2.75) is 39.3 Å². The van der Waals surface area contributed by atoms with E-state index in [0.717, 1.165) is 23.5 Å². The molecule has 1 aliphatic carbocycles. The van der Waals surface area contributed by atoms with Crippen LogP contribution in [0.2, 0.25) is 0 Å². The first-order chi connectivity index (χ1) is 9.06. The number of nitrogens with two attached hydrogens (primary N) is 1. The fourth-order valence-electron chi connectivity index (χ4n) is 1.78. The van der Waals surface area contributed by atoms with Crippen LogP contribution in [0.15, 0.2) is 18.2 Å². The number of hydrogen-bond acceptors (Lipinski definition) is 3. The second-order valence-corrected chi connectivity index (χ2v) is 5.37. The Morgan fingerprint density at radius 1 is 1.50 bits per heavy atom. The Morgan fingerprint density at radius 3 is 2.80 bits per heavy atom. The first kappa shape index (κ1) is 16.8. The third kappa shape index (κ3) is 5.02. The van der Waals surface area contributed by atoms with Crippen LogP contribution in [0.4, 0.5) is 0 Å². The third-order valence-corrected chi connectivity index (χ3v) is 3.26. The molecule has 3 N–H and O–H groups in total. The van der Waals surface area contributed by atoms with Gasteiger partial charge in [-0.1, -0.05) is 12.1 Å². The summed E-state index contributed by atoms with van der Waals surface area (Å²) in [6.07, 6.45) is 2.53. The van der Waals surface area contributed by atoms with Gasteiger partial charge in [-0.15, -0.1) is 12.4 Å². The lowest BCUT2D eigenvalue weighted by Gasteiger charge is -2.14. The van der Waals surface area contributed by atoms with Crippen molar-refractivity contribution in [1.82, 2.24) is 5.32 Å². The number of halogens is 1. The van der Waals surface area contributed by atoms with Crippen molar-refractivity contribution >= 4 is 18.3 Å². The number of benzene rings is 1. The van der Waals surface area contributed by atoms with Crippen molar-refractivity contribution in [3.8, 4) is 5.75 Å². The van der Waals surface area contributed by atoms with E-state index in [1.54, 1.807) is 6.92 Å². The van der Waals surface area contributed by atoms with Gasteiger partial charge in [-0.2, -0.15) is 0 Å². The van der Waals surface area contributed by atoms with E-state index in [-0.39, 0.29) is 18.3 Å². The van der Waals surface area contributed by atoms with Crippen molar-refractivity contribution < 1.29 is 9.53 Å². The highest BCUT2D eigenvalue weighted by Crippen LogP contribution is 2.30. The molecule has 0 aromatic heterocycles. The van der Waals surface area contributed by atoms with Crippen molar-refractivity contribution in [2.24, 2.45) is 11.7 Å². The zero-order chi connectivity index (χ0) is 13.8. The van der Waals surface area contributed by atoms with Crippen LogP contribution >= 0.6 is 12.4 Å². The summed E-state index contributed by atoms with van der Waals surface area (Å²) < 4.78 is 5.85. The highest BCUT2D eigenvalue weighted by Gasteiger charge is 2.22. The number of aryl methyl sites for hydroxylation is 1. The Bertz CT molecular complexity index is 459. The SMILES string of the molecule is Cc1ccc(CNC(=O)[C@H](C)N)c(OCC2CC2)c1.Cl. The average molecular weight is 299 g/mol. The topological polar surface area (TPSA) is 64.4 Å². The first-order valence-electron chi connectivity index (χ1n) is 6.82. The molecule has 1 fully saturated rings. The predicted molar refractivity (Wildman–Crippen MR) is 82.1 cm³/mol. The minimum absolute atomic E-state index is 0. The van der Waals surface area contributed by atoms with Crippen LogP contribution in [-0.2, 0) is 11.3 Å². The van der Waals surface area contributed by atoms with Gasteiger partial charge >= 0.3 is 0 Å². The quantitative estimate of drug-likeness (QED) is 0.846. The van der Waals surface area contributed by atoms with Crippen LogP contribution in [-0.4, -0.2) is 18.6 Å². The average Bonchev–Trinajstić information content (AvgIpc) is 3.18. The number of carbonyl (C=O) groups is 1. The van der Waals surface area contributed by atoms with Gasteiger partial charge in [0.15, 0.2) is 0 Å². The van der Waals surface area contributed by atoms with E-state index < -0.39 is 6.04 Å². The van der Waals surface area contributed by atoms with Crippen LogP contribution in [0.3, 0.4) is 0 Å². The molecule has 1 saturated carbocycles. The van der Waals surface area contributed by atoms with Crippen molar-refractivity contribution in [3.05, 3.63) is 29.3 Å². The third-order valence-electron chi connectivity index (χ3n) is 3.26. The Kier molecular flexibility index (Phi) is 6.30. The maximum absolute atomic E-state index is 11.5. The molecule has 0 bridgehead atoms. The van der Waals surface area contributed by atoms with Crippen LogP contribution < -0.4 is 15.8 Å². The lowest BCUT2D eigenvalue weighted by molar-refractivity contribution is -0.122. The molecule has 0 heterocycles. The molecule has 20 heavy (non-hydrogen) atoms. The first-order valence-corrected chi connectivity index (χ1v) is 6.82. The second kappa shape index (κ2) is 7.50. The van der Waals surface area contributed by atoms with Gasteiger partial charge < -0.3 is 15.8 Å². The maximum Gasteiger partial charge on any atom is 0.236 e. The molecule has 0 radical (unpaired) electrons. The summed E-state index contributed by atoms with van der Waals surface area (Å²) in [6.45, 7) is 4.95. The minimum Gasteiger partial charge on any atom is -0.493 e. The van der Waals surface area contributed by atoms with E-state index >= 15 is 0 Å². The molecule has 5 heteroatoms. The molecule has 1 aliphatic rings. The fraction of sp³-hybridized carbons (Fsp3) is 0.533. The molecule has 112 valence electrons. The van der Waals surface area contributed by atoms with Gasteiger partial charge in [0.2, 0.25) is 5.91 Å². The van der Waals surface area contributed by atoms with Gasteiger partial charge in [0.25, 0.3) is 0 Å². The minimum atomic E-state index is -0.485.